The van der Waals surface area contributed by atoms with Gasteiger partial charge in [-0.05, 0) is 39.0 Å². The average molecular weight is 881 g/mol. The van der Waals surface area contributed by atoms with Gasteiger partial charge in [-0.1, -0.05) is 0 Å². The molecule has 0 aromatic carbocycles. The topological polar surface area (TPSA) is 472 Å². The highest BCUT2D eigenvalue weighted by atomic mass is 32.1. The Morgan fingerprint density at radius 3 is 1.30 bits per heavy atom. The number of aliphatic imine (C=N–C) groups is 1. The van der Waals surface area contributed by atoms with Crippen molar-refractivity contribution in [3.8, 4) is 0 Å². The van der Waals surface area contributed by atoms with Gasteiger partial charge in [0.25, 0.3) is 0 Å². The van der Waals surface area contributed by atoms with Crippen molar-refractivity contribution >= 4 is 83.9 Å². The van der Waals surface area contributed by atoms with Crippen LogP contribution in [0.4, 0.5) is 0 Å². The van der Waals surface area contributed by atoms with Gasteiger partial charge < -0.3 is 79.7 Å². The fourth-order valence-electron chi connectivity index (χ4n) is 4.86. The molecule has 0 aliphatic carbocycles. The monoisotopic (exact) mass is 880 g/mol. The molecule has 0 fully saturated rings. The summed E-state index contributed by atoms with van der Waals surface area (Å²) >= 11 is 4.00. The molecule has 0 radical (unpaired) electrons. The van der Waals surface area contributed by atoms with E-state index in [1.54, 1.807) is 0 Å². The molecule has 0 heterocycles. The molecule has 0 unspecified atom stereocenters. The Balaban J connectivity index is 6.22. The zero-order valence-corrected chi connectivity index (χ0v) is 33.1. The van der Waals surface area contributed by atoms with Crippen molar-refractivity contribution in [3.05, 3.63) is 0 Å². The first-order chi connectivity index (χ1) is 27.9. The Hall–Kier alpha value is -6.29. The number of aliphatic hydroxyl groups excluding tert-OH is 1. The second kappa shape index (κ2) is 27.4. The molecule has 0 aromatic rings. The summed E-state index contributed by atoms with van der Waals surface area (Å²) in [5.41, 5.74) is 16.0. The van der Waals surface area contributed by atoms with Gasteiger partial charge in [0.15, 0.2) is 5.96 Å². The number of nitrogens with one attached hydrogen (secondary N) is 6. The van der Waals surface area contributed by atoms with Gasteiger partial charge in [0.2, 0.25) is 35.4 Å². The molecule has 0 aromatic heterocycles. The van der Waals surface area contributed by atoms with Crippen molar-refractivity contribution in [3.63, 3.8) is 0 Å². The summed E-state index contributed by atoms with van der Waals surface area (Å²) in [6.07, 6.45) is -6.69. The lowest BCUT2D eigenvalue weighted by Crippen LogP contribution is -2.62. The first-order valence-corrected chi connectivity index (χ1v) is 18.5. The average Bonchev–Trinajstić information content (AvgIpc) is 3.14. The molecular formula is C32H52N10O17S. The lowest BCUT2D eigenvalue weighted by Gasteiger charge is -2.28. The molecule has 28 heteroatoms. The molecule has 338 valence electrons. The van der Waals surface area contributed by atoms with E-state index in [1.807, 2.05) is 0 Å². The minimum atomic E-state index is -1.91. The second-order valence-corrected chi connectivity index (χ2v) is 13.4. The number of nitrogens with zero attached hydrogens (tertiary/aromatic N) is 1. The molecule has 0 aliphatic heterocycles. The Morgan fingerprint density at radius 2 is 0.933 bits per heavy atom. The van der Waals surface area contributed by atoms with Crippen molar-refractivity contribution in [2.45, 2.75) is 113 Å². The van der Waals surface area contributed by atoms with Crippen LogP contribution in [0.15, 0.2) is 4.99 Å². The smallest absolute Gasteiger partial charge is 0.326 e. The largest absolute Gasteiger partial charge is 0.481 e. The highest BCUT2D eigenvalue weighted by molar-refractivity contribution is 7.80. The number of aliphatic carboxylic acids is 5. The second-order valence-electron chi connectivity index (χ2n) is 13.0. The molecule has 0 rings (SSSR count). The number of carboxylic acids is 5. The zero-order valence-electron chi connectivity index (χ0n) is 32.2. The molecule has 0 bridgehead atoms. The number of rotatable bonds is 30. The molecule has 0 saturated carbocycles. The van der Waals surface area contributed by atoms with E-state index >= 15 is 0 Å². The summed E-state index contributed by atoms with van der Waals surface area (Å²) < 4.78 is 0. The molecule has 6 amide bonds. The maximum atomic E-state index is 13.4. The van der Waals surface area contributed by atoms with Crippen molar-refractivity contribution in [2.24, 2.45) is 22.2 Å². The maximum Gasteiger partial charge on any atom is 0.326 e. The van der Waals surface area contributed by atoms with Crippen LogP contribution in [0.1, 0.15) is 64.7 Å². The molecule has 8 atom stereocenters. The number of thiol groups is 1. The van der Waals surface area contributed by atoms with Crippen LogP contribution in [-0.2, 0) is 52.7 Å². The van der Waals surface area contributed by atoms with Crippen molar-refractivity contribution < 1.29 is 83.4 Å². The molecule has 60 heavy (non-hydrogen) atoms. The van der Waals surface area contributed by atoms with Crippen LogP contribution < -0.4 is 49.1 Å². The SMILES string of the molecule is C[C@@H](O)[C@H](NC(=O)[C@H](CCC(=O)O)NC(=O)[C@@H](N)CC(=O)O)C(=O)N[C@@H](CS)C(=O)N[C@@H](CCC(=O)O)C(=O)N[C@@H](CCC(=O)O)C(=O)N[C@@H](CCCN=C(N)N)C(=O)O. The maximum absolute atomic E-state index is 13.4. The van der Waals surface area contributed by atoms with Crippen LogP contribution in [0.2, 0.25) is 0 Å². The molecule has 0 saturated heterocycles. The van der Waals surface area contributed by atoms with Gasteiger partial charge in [-0.3, -0.25) is 52.9 Å². The zero-order chi connectivity index (χ0) is 46.3. The standard InChI is InChI=1S/C32H52N10O17S/c1-13(43)24(42-28(55)17(6-9-22(48)49)37-25(52)14(33)11-23(50)51)30(57)41-19(12-60)29(56)39-15(4-7-20(44)45)26(53)38-16(5-8-21(46)47)27(54)40-18(31(58)59)3-2-10-36-32(34)35/h13-19,24,43,60H,2-12,33H2,1H3,(H,37,52)(H,38,53)(H,39,56)(H,40,54)(H,41,57)(H,42,55)(H,44,45)(H,46,47)(H,48,49)(H,50,51)(H,58,59)(H4,34,35,36)/t13-,14+,15+,16+,17+,18+,19+,24+/m1/s1. The van der Waals surface area contributed by atoms with E-state index in [-0.39, 0.29) is 25.3 Å². The van der Waals surface area contributed by atoms with Gasteiger partial charge in [-0.2, -0.15) is 12.6 Å². The number of amides is 6. The minimum Gasteiger partial charge on any atom is -0.481 e. The fraction of sp³-hybridized carbons (Fsp3) is 0.625. The summed E-state index contributed by atoms with van der Waals surface area (Å²) in [6, 6.07) is -12.1. The molecular weight excluding hydrogens is 828 g/mol. The number of nitrogens with two attached hydrogens (primary N) is 3. The van der Waals surface area contributed by atoms with Crippen LogP contribution in [0, 0.1) is 0 Å². The summed E-state index contributed by atoms with van der Waals surface area (Å²) in [7, 11) is 0. The van der Waals surface area contributed by atoms with E-state index < -0.39 is 164 Å². The number of hydrogen-bond donors (Lipinski definition) is 16. The lowest BCUT2D eigenvalue weighted by molar-refractivity contribution is -0.143. The van der Waals surface area contributed by atoms with Crippen molar-refractivity contribution in [1.29, 1.82) is 0 Å². The highest BCUT2D eigenvalue weighted by Gasteiger charge is 2.35. The lowest BCUT2D eigenvalue weighted by atomic mass is 10.1. The van der Waals surface area contributed by atoms with Gasteiger partial charge in [0, 0.05) is 31.6 Å². The number of guanidine groups is 1. The van der Waals surface area contributed by atoms with Gasteiger partial charge in [0.05, 0.1) is 18.6 Å². The van der Waals surface area contributed by atoms with E-state index in [0.717, 1.165) is 6.92 Å². The Kier molecular flexibility index (Phi) is 24.5. The molecule has 0 spiro atoms. The molecule has 27 nitrogen and oxygen atoms in total. The minimum absolute atomic E-state index is 0.00393. The van der Waals surface area contributed by atoms with E-state index in [4.69, 9.17) is 27.4 Å². The Morgan fingerprint density at radius 1 is 0.550 bits per heavy atom. The third-order valence-electron chi connectivity index (χ3n) is 8.01. The number of carboxylic acid groups (broad SMARTS) is 5. The van der Waals surface area contributed by atoms with Gasteiger partial charge in [0.1, 0.15) is 36.3 Å². The van der Waals surface area contributed by atoms with E-state index in [2.05, 4.69) is 49.5 Å². The Bertz CT molecular complexity index is 1610. The summed E-state index contributed by atoms with van der Waals surface area (Å²) in [4.78, 5) is 139. The summed E-state index contributed by atoms with van der Waals surface area (Å²) in [5, 5.41) is 69.3. The van der Waals surface area contributed by atoms with Gasteiger partial charge in [-0.25, -0.2) is 4.79 Å². The van der Waals surface area contributed by atoms with E-state index in [1.165, 1.54) is 0 Å². The quantitative estimate of drug-likeness (QED) is 0.0138. The molecule has 0 aliphatic rings. The first kappa shape index (κ1) is 53.7. The Labute approximate surface area is 346 Å². The number of carbonyl (C=O) groups excluding carboxylic acids is 6. The van der Waals surface area contributed by atoms with Crippen LogP contribution in [0.25, 0.3) is 0 Å². The van der Waals surface area contributed by atoms with E-state index in [9.17, 15) is 73.2 Å². The number of hydrogen-bond acceptors (Lipinski definition) is 15. The van der Waals surface area contributed by atoms with Crippen LogP contribution in [-0.4, -0.2) is 163 Å². The third-order valence-corrected chi connectivity index (χ3v) is 8.37. The van der Waals surface area contributed by atoms with Crippen LogP contribution >= 0.6 is 12.6 Å². The number of aliphatic hydroxyl groups is 1. The van der Waals surface area contributed by atoms with Crippen LogP contribution in [0.5, 0.6) is 0 Å². The molecule has 18 N–H and O–H groups in total. The third kappa shape index (κ3) is 22.0. The van der Waals surface area contributed by atoms with Crippen molar-refractivity contribution in [1.82, 2.24) is 31.9 Å². The normalized spacial score (nSPS) is 14.7. The predicted molar refractivity (Wildman–Crippen MR) is 206 cm³/mol. The first-order valence-electron chi connectivity index (χ1n) is 17.9. The van der Waals surface area contributed by atoms with Crippen molar-refractivity contribution in [2.75, 3.05) is 12.3 Å². The fourth-order valence-corrected chi connectivity index (χ4v) is 5.12. The summed E-state index contributed by atoms with van der Waals surface area (Å²) in [5.74, 6) is -15.3. The highest BCUT2D eigenvalue weighted by Crippen LogP contribution is 2.08. The summed E-state index contributed by atoms with van der Waals surface area (Å²) in [6.45, 7) is 1.03. The predicted octanol–water partition coefficient (Wildman–Crippen LogP) is -6.26. The van der Waals surface area contributed by atoms with Gasteiger partial charge >= 0.3 is 29.8 Å². The van der Waals surface area contributed by atoms with Gasteiger partial charge in [-0.15, -0.1) is 0 Å². The van der Waals surface area contributed by atoms with E-state index in [0.29, 0.717) is 0 Å². The number of carbonyl (C=O) groups is 11. The van der Waals surface area contributed by atoms with Crippen LogP contribution in [0.3, 0.4) is 0 Å².